The van der Waals surface area contributed by atoms with Gasteiger partial charge >= 0.3 is 6.09 Å². The van der Waals surface area contributed by atoms with E-state index in [0.717, 1.165) is 11.1 Å². The molecule has 1 saturated heterocycles. The second-order valence-corrected chi connectivity index (χ2v) is 18.1. The third kappa shape index (κ3) is 7.91. The lowest BCUT2D eigenvalue weighted by atomic mass is 9.85. The topological polar surface area (TPSA) is 169 Å². The summed E-state index contributed by atoms with van der Waals surface area (Å²) >= 11 is 0. The zero-order valence-electron chi connectivity index (χ0n) is 30.3. The summed E-state index contributed by atoms with van der Waals surface area (Å²) in [4.78, 5) is 56.9. The first-order valence-corrected chi connectivity index (χ1v) is 19.2. The number of hydrogen-bond donors (Lipinski definition) is 3. The van der Waals surface area contributed by atoms with Crippen molar-refractivity contribution in [2.24, 2.45) is 16.7 Å². The molecule has 6 rings (SSSR count). The molecule has 4 bridgehead atoms. The van der Waals surface area contributed by atoms with Crippen molar-refractivity contribution in [3.8, 4) is 22.6 Å². The predicted molar refractivity (Wildman–Crippen MR) is 193 cm³/mol. The van der Waals surface area contributed by atoms with Gasteiger partial charge in [0, 0.05) is 23.3 Å². The standard InChI is InChI=1S/C38H48N4O9S/c1-7-24-19-38(24,34(45)41-52(47,48)27-15-16-27)40-32(43)29-18-26-20-42(29)33(44)31(36(2,3)4)39-35(46)50-22-37(5,6)21-49-25-12-10-11-23(17-25)28-13-8-9-14-30(28)51-26/h7-14,17,24,26-27,29,31H,1,15-16,18-22H2,2-6H3,(H,39,46)(H,40,43)(H,41,45)/t24-,26?,29+,31-,38?/m1/s1. The summed E-state index contributed by atoms with van der Waals surface area (Å²) in [5.41, 5.74) is -1.33. The van der Waals surface area contributed by atoms with Gasteiger partial charge in [-0.15, -0.1) is 6.58 Å². The van der Waals surface area contributed by atoms with Crippen LogP contribution in [0.25, 0.3) is 11.1 Å². The molecule has 4 amide bonds. The molecule has 0 aromatic heterocycles. The number of nitrogens with zero attached hydrogens (tertiary/aromatic N) is 1. The van der Waals surface area contributed by atoms with Gasteiger partial charge in [0.05, 0.1) is 18.4 Å². The number of para-hydroxylation sites is 1. The molecule has 2 aromatic carbocycles. The van der Waals surface area contributed by atoms with Crippen LogP contribution in [0.5, 0.6) is 11.5 Å². The summed E-state index contributed by atoms with van der Waals surface area (Å²) in [5, 5.41) is 4.91. The van der Waals surface area contributed by atoms with Crippen molar-refractivity contribution in [1.29, 1.82) is 0 Å². The van der Waals surface area contributed by atoms with Gasteiger partial charge in [-0.2, -0.15) is 0 Å². The Labute approximate surface area is 304 Å². The number of carbonyl (C=O) groups is 4. The van der Waals surface area contributed by atoms with Crippen molar-refractivity contribution in [1.82, 2.24) is 20.3 Å². The Morgan fingerprint density at radius 3 is 2.42 bits per heavy atom. The quantitative estimate of drug-likeness (QED) is 0.372. The van der Waals surface area contributed by atoms with Crippen LogP contribution in [0.1, 0.15) is 60.3 Å². The molecular formula is C38H48N4O9S. The molecular weight excluding hydrogens is 689 g/mol. The van der Waals surface area contributed by atoms with Crippen LogP contribution in [0.4, 0.5) is 4.79 Å². The maximum absolute atomic E-state index is 14.5. The predicted octanol–water partition coefficient (Wildman–Crippen LogP) is 3.93. The Kier molecular flexibility index (Phi) is 9.83. The highest BCUT2D eigenvalue weighted by Crippen LogP contribution is 2.46. The third-order valence-electron chi connectivity index (χ3n) is 10.0. The fourth-order valence-corrected chi connectivity index (χ4v) is 8.05. The van der Waals surface area contributed by atoms with Gasteiger partial charge in [-0.25, -0.2) is 13.2 Å². The van der Waals surface area contributed by atoms with Crippen molar-refractivity contribution in [3.05, 3.63) is 61.2 Å². The van der Waals surface area contributed by atoms with Crippen LogP contribution < -0.4 is 24.8 Å². The number of ether oxygens (including phenoxy) is 3. The summed E-state index contributed by atoms with van der Waals surface area (Å²) in [6.07, 6.45) is 1.18. The second-order valence-electron chi connectivity index (χ2n) is 16.2. The third-order valence-corrected chi connectivity index (χ3v) is 11.8. The van der Waals surface area contributed by atoms with Crippen LogP contribution in [-0.2, 0) is 29.1 Å². The molecule has 2 unspecified atom stereocenters. The number of sulfonamides is 1. The number of fused-ring (bicyclic) bond motifs is 6. The van der Waals surface area contributed by atoms with Crippen LogP contribution in [0.2, 0.25) is 0 Å². The highest BCUT2D eigenvalue weighted by molar-refractivity contribution is 7.91. The lowest BCUT2D eigenvalue weighted by Crippen LogP contribution is -2.60. The number of benzene rings is 2. The average molecular weight is 737 g/mol. The largest absolute Gasteiger partial charge is 0.493 e. The molecule has 4 aliphatic rings. The molecule has 5 atom stereocenters. The minimum absolute atomic E-state index is 0.00214. The van der Waals surface area contributed by atoms with E-state index in [-0.39, 0.29) is 32.6 Å². The molecule has 0 spiro atoms. The number of amides is 4. The number of hydrogen-bond acceptors (Lipinski definition) is 9. The zero-order chi connectivity index (χ0) is 37.6. The first kappa shape index (κ1) is 37.2. The van der Waals surface area contributed by atoms with Crippen molar-refractivity contribution >= 4 is 33.8 Å². The molecule has 14 heteroatoms. The number of cyclic esters (lactones) is 1. The van der Waals surface area contributed by atoms with E-state index in [1.807, 2.05) is 62.4 Å². The summed E-state index contributed by atoms with van der Waals surface area (Å²) in [5.74, 6) is -1.38. The van der Waals surface area contributed by atoms with Crippen molar-refractivity contribution in [2.45, 2.75) is 89.3 Å². The van der Waals surface area contributed by atoms with Gasteiger partial charge in [0.25, 0.3) is 5.91 Å². The number of alkyl carbamates (subject to hydrolysis) is 1. The van der Waals surface area contributed by atoms with Crippen LogP contribution in [-0.4, -0.2) is 85.9 Å². The van der Waals surface area contributed by atoms with E-state index < -0.39 is 79.6 Å². The molecule has 3 N–H and O–H groups in total. The van der Waals surface area contributed by atoms with E-state index in [2.05, 4.69) is 21.9 Å². The van der Waals surface area contributed by atoms with Gasteiger partial charge in [-0.3, -0.25) is 19.1 Å². The SMILES string of the molecule is C=C[C@@H]1CC1(NC(=O)[C@@H]1CC2CN1C(=O)[C@H](C(C)(C)C)NC(=O)OCC(C)(C)COc1cccc(c1)-c1ccccc1O2)C(=O)NS(=O)(=O)C1CC1. The summed E-state index contributed by atoms with van der Waals surface area (Å²) in [7, 11) is -3.89. The average Bonchev–Trinajstić information content (AvgIpc) is 4.01. The lowest BCUT2D eigenvalue weighted by molar-refractivity contribution is -0.142. The molecule has 13 nitrogen and oxygen atoms in total. The van der Waals surface area contributed by atoms with Crippen LogP contribution in [0.15, 0.2) is 61.2 Å². The highest BCUT2D eigenvalue weighted by atomic mass is 32.2. The maximum Gasteiger partial charge on any atom is 0.407 e. The van der Waals surface area contributed by atoms with E-state index >= 15 is 0 Å². The fourth-order valence-electron chi connectivity index (χ4n) is 6.69. The van der Waals surface area contributed by atoms with Crippen LogP contribution in [0, 0.1) is 16.7 Å². The summed E-state index contributed by atoms with van der Waals surface area (Å²) in [6, 6.07) is 12.8. The van der Waals surface area contributed by atoms with E-state index in [0.29, 0.717) is 24.3 Å². The maximum atomic E-state index is 14.5. The Morgan fingerprint density at radius 2 is 1.75 bits per heavy atom. The van der Waals surface area contributed by atoms with E-state index in [4.69, 9.17) is 14.2 Å². The molecule has 2 aliphatic carbocycles. The summed E-state index contributed by atoms with van der Waals surface area (Å²) < 4.78 is 45.9. The fraction of sp³-hybridized carbons (Fsp3) is 0.526. The first-order valence-electron chi connectivity index (χ1n) is 17.7. The molecule has 280 valence electrons. The Balaban J connectivity index is 1.35. The molecule has 2 aliphatic heterocycles. The van der Waals surface area contributed by atoms with Crippen molar-refractivity contribution in [2.75, 3.05) is 19.8 Å². The molecule has 52 heavy (non-hydrogen) atoms. The lowest BCUT2D eigenvalue weighted by Gasteiger charge is -2.35. The monoisotopic (exact) mass is 736 g/mol. The van der Waals surface area contributed by atoms with Gasteiger partial charge in [0.1, 0.15) is 41.8 Å². The first-order chi connectivity index (χ1) is 24.4. The van der Waals surface area contributed by atoms with Gasteiger partial charge in [-0.05, 0) is 48.4 Å². The molecule has 0 radical (unpaired) electrons. The Morgan fingerprint density at radius 1 is 1.04 bits per heavy atom. The Bertz CT molecular complexity index is 1870. The van der Waals surface area contributed by atoms with Crippen molar-refractivity contribution < 1.29 is 41.8 Å². The van der Waals surface area contributed by atoms with Crippen molar-refractivity contribution in [3.63, 3.8) is 0 Å². The molecule has 2 aromatic rings. The normalized spacial score (nSPS) is 27.6. The van der Waals surface area contributed by atoms with Crippen LogP contribution >= 0.6 is 0 Å². The van der Waals surface area contributed by atoms with Gasteiger partial charge in [-0.1, -0.05) is 71.0 Å². The van der Waals surface area contributed by atoms with Gasteiger partial charge in [0.15, 0.2) is 0 Å². The number of rotatable bonds is 6. The minimum Gasteiger partial charge on any atom is -0.493 e. The number of carbonyl (C=O) groups excluding carboxylic acids is 4. The zero-order valence-corrected chi connectivity index (χ0v) is 31.1. The van der Waals surface area contributed by atoms with E-state index in [9.17, 15) is 27.6 Å². The smallest absolute Gasteiger partial charge is 0.407 e. The van der Waals surface area contributed by atoms with E-state index in [1.54, 1.807) is 20.8 Å². The molecule has 3 fully saturated rings. The van der Waals surface area contributed by atoms with Gasteiger partial charge < -0.3 is 29.7 Å². The number of nitrogens with one attached hydrogen (secondary N) is 3. The second kappa shape index (κ2) is 13.8. The van der Waals surface area contributed by atoms with Crippen LogP contribution in [0.3, 0.4) is 0 Å². The molecule has 2 saturated carbocycles. The minimum atomic E-state index is -3.89. The summed E-state index contributed by atoms with van der Waals surface area (Å²) in [6.45, 7) is 13.2. The molecule has 2 heterocycles. The van der Waals surface area contributed by atoms with E-state index in [1.165, 1.54) is 11.0 Å². The Hall–Kier alpha value is -4.59. The van der Waals surface area contributed by atoms with Gasteiger partial charge in [0.2, 0.25) is 21.8 Å². The highest BCUT2D eigenvalue weighted by Gasteiger charge is 2.62.